The van der Waals surface area contributed by atoms with E-state index in [9.17, 15) is 19.2 Å². The van der Waals surface area contributed by atoms with Gasteiger partial charge in [0.1, 0.15) is 0 Å². The molecule has 0 aliphatic rings. The van der Waals surface area contributed by atoms with Crippen molar-refractivity contribution in [1.29, 1.82) is 0 Å². The minimum Gasteiger partial charge on any atom is -0.464 e. The highest BCUT2D eigenvalue weighted by atomic mass is 16.5. The molecule has 0 N–H and O–H groups in total. The summed E-state index contributed by atoms with van der Waals surface area (Å²) in [6.07, 6.45) is 3.82. The fourth-order valence-corrected chi connectivity index (χ4v) is 2.02. The Morgan fingerprint density at radius 3 is 1.44 bits per heavy atom. The fraction of sp³-hybridized carbons (Fsp3) is 0.765. The summed E-state index contributed by atoms with van der Waals surface area (Å²) < 4.78 is 10.0. The number of hydrogen-bond donors (Lipinski definition) is 0. The van der Waals surface area contributed by atoms with E-state index in [1.54, 1.807) is 0 Å². The SMILES string of the molecule is CC(C)CC(N=C=O)C(=O)OCCCOC(=O)C(CC(C)C)N=C=O. The van der Waals surface area contributed by atoms with E-state index in [0.29, 0.717) is 12.8 Å². The van der Waals surface area contributed by atoms with Crippen LogP contribution in [-0.4, -0.2) is 49.4 Å². The predicted octanol–water partition coefficient (Wildman–Crippen LogP) is 1.96. The van der Waals surface area contributed by atoms with E-state index >= 15 is 0 Å². The Hall–Kier alpha value is -2.30. The van der Waals surface area contributed by atoms with Crippen LogP contribution in [-0.2, 0) is 28.7 Å². The van der Waals surface area contributed by atoms with Crippen molar-refractivity contribution in [3.05, 3.63) is 0 Å². The fourth-order valence-electron chi connectivity index (χ4n) is 2.02. The Morgan fingerprint density at radius 1 is 0.800 bits per heavy atom. The van der Waals surface area contributed by atoms with Gasteiger partial charge in [-0.3, -0.25) is 0 Å². The zero-order chi connectivity index (χ0) is 19.2. The number of carbonyl (C=O) groups is 2. The molecule has 2 atom stereocenters. The molecule has 0 spiro atoms. The van der Waals surface area contributed by atoms with Crippen molar-refractivity contribution in [3.63, 3.8) is 0 Å². The number of esters is 2. The summed E-state index contributed by atoms with van der Waals surface area (Å²) in [6.45, 7) is 7.65. The average molecular weight is 354 g/mol. The van der Waals surface area contributed by atoms with E-state index in [4.69, 9.17) is 9.47 Å². The Balaban J connectivity index is 4.22. The third kappa shape index (κ3) is 11.0. The zero-order valence-corrected chi connectivity index (χ0v) is 15.2. The largest absolute Gasteiger partial charge is 0.464 e. The van der Waals surface area contributed by atoms with Crippen LogP contribution in [0.4, 0.5) is 0 Å². The summed E-state index contributed by atoms with van der Waals surface area (Å²) in [5.41, 5.74) is 0. The lowest BCUT2D eigenvalue weighted by atomic mass is 10.0. The summed E-state index contributed by atoms with van der Waals surface area (Å²) in [7, 11) is 0. The number of rotatable bonds is 12. The molecule has 0 aromatic rings. The molecule has 0 heterocycles. The second kappa shape index (κ2) is 13.0. The Morgan fingerprint density at radius 2 is 1.16 bits per heavy atom. The Bertz CT molecular complexity index is 473. The maximum Gasteiger partial charge on any atom is 0.331 e. The van der Waals surface area contributed by atoms with Gasteiger partial charge in [-0.1, -0.05) is 27.7 Å². The van der Waals surface area contributed by atoms with E-state index < -0.39 is 24.0 Å². The zero-order valence-electron chi connectivity index (χ0n) is 15.2. The van der Waals surface area contributed by atoms with Crippen LogP contribution in [0.5, 0.6) is 0 Å². The van der Waals surface area contributed by atoms with Crippen molar-refractivity contribution >= 4 is 24.1 Å². The van der Waals surface area contributed by atoms with Gasteiger partial charge in [-0.2, -0.15) is 9.98 Å². The first kappa shape index (κ1) is 22.7. The van der Waals surface area contributed by atoms with E-state index in [1.165, 1.54) is 12.2 Å². The number of nitrogens with zero attached hydrogens (tertiary/aromatic N) is 2. The highest BCUT2D eigenvalue weighted by molar-refractivity contribution is 5.77. The lowest BCUT2D eigenvalue weighted by Gasteiger charge is -2.14. The first-order valence-electron chi connectivity index (χ1n) is 8.29. The van der Waals surface area contributed by atoms with E-state index in [2.05, 4.69) is 9.98 Å². The molecule has 0 rings (SSSR count). The van der Waals surface area contributed by atoms with Crippen LogP contribution in [0.25, 0.3) is 0 Å². The van der Waals surface area contributed by atoms with Gasteiger partial charge < -0.3 is 9.47 Å². The summed E-state index contributed by atoms with van der Waals surface area (Å²) in [6, 6.07) is -1.73. The first-order chi connectivity index (χ1) is 11.8. The molecule has 0 aromatic heterocycles. The normalized spacial score (nSPS) is 12.7. The number of carbonyl (C=O) groups excluding carboxylic acids is 4. The molecule has 2 unspecified atom stereocenters. The van der Waals surface area contributed by atoms with Gasteiger partial charge in [0.25, 0.3) is 0 Å². The van der Waals surface area contributed by atoms with Crippen molar-refractivity contribution in [2.75, 3.05) is 13.2 Å². The van der Waals surface area contributed by atoms with Gasteiger partial charge in [0.15, 0.2) is 12.1 Å². The molecule has 0 saturated carbocycles. The van der Waals surface area contributed by atoms with Gasteiger partial charge in [-0.25, -0.2) is 19.2 Å². The van der Waals surface area contributed by atoms with Crippen LogP contribution in [0.15, 0.2) is 9.98 Å². The molecular weight excluding hydrogens is 328 g/mol. The molecular formula is C17H26N2O6. The molecule has 140 valence electrons. The minimum absolute atomic E-state index is 0.0287. The summed E-state index contributed by atoms with van der Waals surface area (Å²) in [5, 5.41) is 0. The molecule has 25 heavy (non-hydrogen) atoms. The van der Waals surface area contributed by atoms with Crippen molar-refractivity contribution in [1.82, 2.24) is 0 Å². The van der Waals surface area contributed by atoms with E-state index in [0.717, 1.165) is 0 Å². The topological polar surface area (TPSA) is 111 Å². The molecule has 0 bridgehead atoms. The number of hydrogen-bond acceptors (Lipinski definition) is 8. The van der Waals surface area contributed by atoms with Gasteiger partial charge in [-0.05, 0) is 24.7 Å². The summed E-state index contributed by atoms with van der Waals surface area (Å²) >= 11 is 0. The molecule has 0 amide bonds. The van der Waals surface area contributed by atoms with Gasteiger partial charge in [-0.15, -0.1) is 0 Å². The van der Waals surface area contributed by atoms with Crippen molar-refractivity contribution in [3.8, 4) is 0 Å². The van der Waals surface area contributed by atoms with Crippen molar-refractivity contribution in [2.24, 2.45) is 21.8 Å². The monoisotopic (exact) mass is 354 g/mol. The molecule has 8 heteroatoms. The second-order valence-corrected chi connectivity index (χ2v) is 6.42. The molecule has 0 radical (unpaired) electrons. The lowest BCUT2D eigenvalue weighted by molar-refractivity contribution is -0.148. The molecule has 0 aliphatic carbocycles. The highest BCUT2D eigenvalue weighted by Crippen LogP contribution is 2.11. The molecule has 0 aliphatic heterocycles. The van der Waals surface area contributed by atoms with Gasteiger partial charge in [0, 0.05) is 6.42 Å². The maximum atomic E-state index is 11.8. The Labute approximate surface area is 147 Å². The van der Waals surface area contributed by atoms with Crippen LogP contribution < -0.4 is 0 Å². The third-order valence-electron chi connectivity index (χ3n) is 3.13. The first-order valence-corrected chi connectivity index (χ1v) is 8.29. The van der Waals surface area contributed by atoms with E-state index in [-0.39, 0.29) is 31.5 Å². The van der Waals surface area contributed by atoms with Crippen LogP contribution in [0.1, 0.15) is 47.0 Å². The van der Waals surface area contributed by atoms with Crippen LogP contribution >= 0.6 is 0 Å². The highest BCUT2D eigenvalue weighted by Gasteiger charge is 2.22. The van der Waals surface area contributed by atoms with Crippen LogP contribution in [0, 0.1) is 11.8 Å². The van der Waals surface area contributed by atoms with Gasteiger partial charge in [0.2, 0.25) is 12.2 Å². The quantitative estimate of drug-likeness (QED) is 0.229. The molecule has 8 nitrogen and oxygen atoms in total. The summed E-state index contributed by atoms with van der Waals surface area (Å²) in [5.74, 6) is -0.864. The second-order valence-electron chi connectivity index (χ2n) is 6.42. The Kier molecular flexibility index (Phi) is 11.8. The predicted molar refractivity (Wildman–Crippen MR) is 89.3 cm³/mol. The number of isocyanates is 2. The van der Waals surface area contributed by atoms with Gasteiger partial charge >= 0.3 is 11.9 Å². The van der Waals surface area contributed by atoms with Crippen molar-refractivity contribution < 1.29 is 28.7 Å². The van der Waals surface area contributed by atoms with Crippen LogP contribution in [0.2, 0.25) is 0 Å². The molecule has 0 fully saturated rings. The summed E-state index contributed by atoms with van der Waals surface area (Å²) in [4.78, 5) is 51.2. The number of aliphatic imine (C=N–C) groups is 2. The molecule has 0 aromatic carbocycles. The third-order valence-corrected chi connectivity index (χ3v) is 3.13. The molecule has 0 saturated heterocycles. The van der Waals surface area contributed by atoms with Crippen LogP contribution in [0.3, 0.4) is 0 Å². The minimum atomic E-state index is -0.864. The smallest absolute Gasteiger partial charge is 0.331 e. The van der Waals surface area contributed by atoms with Crippen molar-refractivity contribution in [2.45, 2.75) is 59.0 Å². The standard InChI is InChI=1S/C17H26N2O6/c1-12(2)8-14(18-10-20)16(22)24-6-5-7-25-17(23)15(19-11-21)9-13(3)4/h12-15H,5-9H2,1-4H3. The number of ether oxygens (including phenoxy) is 2. The van der Waals surface area contributed by atoms with E-state index in [1.807, 2.05) is 27.7 Å². The lowest BCUT2D eigenvalue weighted by Crippen LogP contribution is -2.25. The maximum absolute atomic E-state index is 11.8. The average Bonchev–Trinajstić information content (AvgIpc) is 2.52. The van der Waals surface area contributed by atoms with Gasteiger partial charge in [0.05, 0.1) is 13.2 Å².